The first-order valence-electron chi connectivity index (χ1n) is 5.57. The van der Waals surface area contributed by atoms with E-state index in [2.05, 4.69) is 14.7 Å². The molecular weight excluding hydrogens is 234 g/mol. The molecule has 1 aromatic rings. The number of hydrogen-bond donors (Lipinski definition) is 0. The van der Waals surface area contributed by atoms with Crippen LogP contribution in [0.4, 0.5) is 0 Å². The molecule has 100 valence electrons. The molecule has 0 atom stereocenters. The van der Waals surface area contributed by atoms with Gasteiger partial charge >= 0.3 is 5.97 Å². The number of aromatic nitrogens is 2. The van der Waals surface area contributed by atoms with Gasteiger partial charge in [-0.1, -0.05) is 0 Å². The molecule has 0 N–H and O–H groups in total. The lowest BCUT2D eigenvalue weighted by molar-refractivity contribution is 0.0590. The molecule has 6 nitrogen and oxygen atoms in total. The second kappa shape index (κ2) is 5.77. The van der Waals surface area contributed by atoms with E-state index in [1.54, 1.807) is 0 Å². The van der Waals surface area contributed by atoms with Gasteiger partial charge in [0, 0.05) is 5.54 Å². The zero-order valence-corrected chi connectivity index (χ0v) is 11.4. The van der Waals surface area contributed by atoms with Crippen molar-refractivity contribution in [3.63, 3.8) is 0 Å². The molecule has 0 aliphatic carbocycles. The van der Waals surface area contributed by atoms with Crippen LogP contribution in [0.5, 0.6) is 5.88 Å². The number of rotatable bonds is 5. The van der Waals surface area contributed by atoms with Gasteiger partial charge in [0.1, 0.15) is 6.61 Å². The third-order valence-electron chi connectivity index (χ3n) is 2.79. The molecule has 6 heteroatoms. The van der Waals surface area contributed by atoms with Gasteiger partial charge in [0.15, 0.2) is 5.69 Å². The Hall–Kier alpha value is -1.69. The van der Waals surface area contributed by atoms with Gasteiger partial charge < -0.3 is 14.4 Å². The smallest absolute Gasteiger partial charge is 0.358 e. The molecule has 0 saturated heterocycles. The summed E-state index contributed by atoms with van der Waals surface area (Å²) >= 11 is 0. The van der Waals surface area contributed by atoms with Gasteiger partial charge in [0.2, 0.25) is 5.88 Å². The molecule has 1 aromatic heterocycles. The van der Waals surface area contributed by atoms with Crippen molar-refractivity contribution in [1.29, 1.82) is 0 Å². The van der Waals surface area contributed by atoms with E-state index in [4.69, 9.17) is 4.74 Å². The summed E-state index contributed by atoms with van der Waals surface area (Å²) in [6.45, 7) is 4.54. The van der Waals surface area contributed by atoms with E-state index in [1.165, 1.54) is 19.5 Å². The maximum absolute atomic E-state index is 11.3. The lowest BCUT2D eigenvalue weighted by atomic mass is 10.1. The molecule has 0 unspecified atom stereocenters. The Morgan fingerprint density at radius 1 is 1.39 bits per heavy atom. The monoisotopic (exact) mass is 253 g/mol. The highest BCUT2D eigenvalue weighted by molar-refractivity contribution is 5.86. The molecular formula is C12H19N3O3. The van der Waals surface area contributed by atoms with E-state index < -0.39 is 5.97 Å². The summed E-state index contributed by atoms with van der Waals surface area (Å²) in [6.07, 6.45) is 2.81. The lowest BCUT2D eigenvalue weighted by Gasteiger charge is -2.31. The molecule has 0 amide bonds. The van der Waals surface area contributed by atoms with Crippen molar-refractivity contribution in [3.05, 3.63) is 18.1 Å². The van der Waals surface area contributed by atoms with Crippen LogP contribution in [0, 0.1) is 0 Å². The molecule has 0 radical (unpaired) electrons. The maximum Gasteiger partial charge on any atom is 0.358 e. The van der Waals surface area contributed by atoms with Gasteiger partial charge in [0.25, 0.3) is 0 Å². The number of ether oxygens (including phenoxy) is 2. The largest absolute Gasteiger partial charge is 0.475 e. The van der Waals surface area contributed by atoms with Crippen LogP contribution in [0.3, 0.4) is 0 Å². The summed E-state index contributed by atoms with van der Waals surface area (Å²) < 4.78 is 10.1. The minimum absolute atomic E-state index is 0.136. The van der Waals surface area contributed by atoms with Crippen LogP contribution in [0.2, 0.25) is 0 Å². The van der Waals surface area contributed by atoms with Gasteiger partial charge in [-0.05, 0) is 27.9 Å². The molecule has 0 aliphatic heterocycles. The first kappa shape index (κ1) is 14.4. The number of nitrogens with zero attached hydrogens (tertiary/aromatic N) is 3. The number of carbonyl (C=O) groups excluding carboxylic acids is 1. The van der Waals surface area contributed by atoms with Crippen LogP contribution in [-0.4, -0.2) is 54.2 Å². The topological polar surface area (TPSA) is 64.6 Å². The van der Waals surface area contributed by atoms with E-state index >= 15 is 0 Å². The number of esters is 1. The van der Waals surface area contributed by atoms with Crippen molar-refractivity contribution in [2.75, 3.05) is 27.8 Å². The van der Waals surface area contributed by atoms with E-state index in [9.17, 15) is 4.79 Å². The first-order chi connectivity index (χ1) is 8.36. The summed E-state index contributed by atoms with van der Waals surface area (Å²) in [7, 11) is 5.24. The third-order valence-corrected chi connectivity index (χ3v) is 2.79. The van der Waals surface area contributed by atoms with Crippen LogP contribution in [0.25, 0.3) is 0 Å². The van der Waals surface area contributed by atoms with Crippen LogP contribution in [-0.2, 0) is 4.74 Å². The number of carbonyl (C=O) groups is 1. The Morgan fingerprint density at radius 2 is 2.06 bits per heavy atom. The van der Waals surface area contributed by atoms with Crippen molar-refractivity contribution in [3.8, 4) is 5.88 Å². The maximum atomic E-state index is 11.3. The zero-order chi connectivity index (χ0) is 13.8. The Balaban J connectivity index is 2.72. The van der Waals surface area contributed by atoms with Crippen molar-refractivity contribution in [2.24, 2.45) is 0 Å². The van der Waals surface area contributed by atoms with Crippen LogP contribution in [0.1, 0.15) is 24.3 Å². The molecule has 1 rings (SSSR count). The van der Waals surface area contributed by atoms with E-state index in [1.807, 2.05) is 32.8 Å². The standard InChI is InChI=1S/C12H19N3O3/c1-12(2,15(3)4)8-18-10-7-13-6-9(14-10)11(16)17-5/h6-7H,8H2,1-5H3. The van der Waals surface area contributed by atoms with Gasteiger partial charge in [-0.2, -0.15) is 0 Å². The second-order valence-electron chi connectivity index (χ2n) is 4.73. The Bertz CT molecular complexity index is 419. The highest BCUT2D eigenvalue weighted by Crippen LogP contribution is 2.13. The Morgan fingerprint density at radius 3 is 2.61 bits per heavy atom. The van der Waals surface area contributed by atoms with E-state index in [-0.39, 0.29) is 11.2 Å². The second-order valence-corrected chi connectivity index (χ2v) is 4.73. The molecule has 0 aromatic carbocycles. The molecule has 18 heavy (non-hydrogen) atoms. The van der Waals surface area contributed by atoms with Crippen LogP contribution < -0.4 is 4.74 Å². The Kier molecular flexibility index (Phi) is 4.61. The summed E-state index contributed by atoms with van der Waals surface area (Å²) in [5.41, 5.74) is 0.000759. The fraction of sp³-hybridized carbons (Fsp3) is 0.583. The number of likely N-dealkylation sites (N-methyl/N-ethyl adjacent to an activating group) is 1. The summed E-state index contributed by atoms with van der Waals surface area (Å²) in [6, 6.07) is 0. The third kappa shape index (κ3) is 3.66. The zero-order valence-electron chi connectivity index (χ0n) is 11.4. The predicted octanol–water partition coefficient (Wildman–Crippen LogP) is 0.982. The van der Waals surface area contributed by atoms with Gasteiger partial charge in [-0.15, -0.1) is 0 Å². The fourth-order valence-electron chi connectivity index (χ4n) is 1.00. The van der Waals surface area contributed by atoms with Crippen LogP contribution >= 0.6 is 0 Å². The molecule has 0 saturated carbocycles. The van der Waals surface area contributed by atoms with Crippen molar-refractivity contribution in [1.82, 2.24) is 14.9 Å². The Labute approximate surface area is 107 Å². The van der Waals surface area contributed by atoms with Gasteiger partial charge in [-0.25, -0.2) is 9.78 Å². The minimum Gasteiger partial charge on any atom is -0.475 e. The summed E-state index contributed by atoms with van der Waals surface area (Å²) in [5, 5.41) is 0. The quantitative estimate of drug-likeness (QED) is 0.729. The van der Waals surface area contributed by atoms with Crippen molar-refractivity contribution < 1.29 is 14.3 Å². The number of hydrogen-bond acceptors (Lipinski definition) is 6. The lowest BCUT2D eigenvalue weighted by Crippen LogP contribution is -2.43. The van der Waals surface area contributed by atoms with Gasteiger partial charge in [-0.3, -0.25) is 4.98 Å². The average Bonchev–Trinajstić information content (AvgIpc) is 2.35. The van der Waals surface area contributed by atoms with Crippen molar-refractivity contribution in [2.45, 2.75) is 19.4 Å². The van der Waals surface area contributed by atoms with Gasteiger partial charge in [0.05, 0.1) is 19.5 Å². The summed E-state index contributed by atoms with van der Waals surface area (Å²) in [5.74, 6) is -0.215. The molecule has 0 aliphatic rings. The molecule has 0 fully saturated rings. The molecule has 0 bridgehead atoms. The SMILES string of the molecule is COC(=O)c1cncc(OCC(C)(C)N(C)C)n1. The highest BCUT2D eigenvalue weighted by Gasteiger charge is 2.21. The highest BCUT2D eigenvalue weighted by atomic mass is 16.5. The van der Waals surface area contributed by atoms with Crippen molar-refractivity contribution >= 4 is 5.97 Å². The number of methoxy groups -OCH3 is 1. The van der Waals surface area contributed by atoms with E-state index in [0.717, 1.165) is 0 Å². The fourth-order valence-corrected chi connectivity index (χ4v) is 1.00. The first-order valence-corrected chi connectivity index (χ1v) is 5.57. The average molecular weight is 253 g/mol. The van der Waals surface area contributed by atoms with E-state index in [0.29, 0.717) is 12.5 Å². The molecule has 0 spiro atoms. The van der Waals surface area contributed by atoms with Crippen LogP contribution in [0.15, 0.2) is 12.4 Å². The summed E-state index contributed by atoms with van der Waals surface area (Å²) in [4.78, 5) is 21.3. The predicted molar refractivity (Wildman–Crippen MR) is 66.6 cm³/mol. The normalized spacial score (nSPS) is 11.4. The minimum atomic E-state index is -0.528. The molecule has 1 heterocycles.